The Morgan fingerprint density at radius 3 is 2.33 bits per heavy atom. The van der Waals surface area contributed by atoms with Gasteiger partial charge in [0.05, 0.1) is 0 Å². The highest BCUT2D eigenvalue weighted by molar-refractivity contribution is 7.97. The van der Waals surface area contributed by atoms with E-state index in [0.29, 0.717) is 0 Å². The molecule has 0 atom stereocenters. The molecule has 92 valence electrons. The highest BCUT2D eigenvalue weighted by atomic mass is 32.2. The summed E-state index contributed by atoms with van der Waals surface area (Å²) in [7, 11) is 0. The van der Waals surface area contributed by atoms with Crippen LogP contribution in [0.3, 0.4) is 0 Å². The Bertz CT molecular complexity index is 523. The van der Waals surface area contributed by atoms with Gasteiger partial charge in [0.25, 0.3) is 0 Å². The summed E-state index contributed by atoms with van der Waals surface area (Å²) in [4.78, 5) is 0. The van der Waals surface area contributed by atoms with Crippen LogP contribution in [0.4, 0.5) is 0 Å². The number of nitrogens with one attached hydrogen (secondary N) is 1. The molecule has 0 radical (unpaired) electrons. The summed E-state index contributed by atoms with van der Waals surface area (Å²) in [6.45, 7) is 0. The zero-order valence-corrected chi connectivity index (χ0v) is 10.9. The molecular formula is C15H16N2S. The van der Waals surface area contributed by atoms with E-state index in [1.165, 1.54) is 5.56 Å². The number of nitrogens with two attached hydrogens (primary N) is 1. The average Bonchev–Trinajstić information content (AvgIpc) is 2.40. The topological polar surface area (TPSA) is 49.9 Å². The summed E-state index contributed by atoms with van der Waals surface area (Å²) in [5, 5.41) is 7.54. The van der Waals surface area contributed by atoms with Crippen LogP contribution < -0.4 is 5.73 Å². The molecule has 2 aromatic carbocycles. The van der Waals surface area contributed by atoms with Gasteiger partial charge in [0.2, 0.25) is 0 Å². The van der Waals surface area contributed by atoms with Gasteiger partial charge >= 0.3 is 0 Å². The van der Waals surface area contributed by atoms with E-state index in [1.54, 1.807) is 0 Å². The SMILES string of the molecule is N=C(N)c1ccccc1CSCc1ccccc1. The van der Waals surface area contributed by atoms with Crippen molar-refractivity contribution in [2.45, 2.75) is 11.5 Å². The van der Waals surface area contributed by atoms with Crippen molar-refractivity contribution >= 4 is 17.6 Å². The van der Waals surface area contributed by atoms with Gasteiger partial charge < -0.3 is 5.73 Å². The van der Waals surface area contributed by atoms with Crippen LogP contribution in [0.1, 0.15) is 16.7 Å². The van der Waals surface area contributed by atoms with Gasteiger partial charge in [-0.25, -0.2) is 0 Å². The second-order valence-corrected chi connectivity index (χ2v) is 5.03. The minimum Gasteiger partial charge on any atom is -0.384 e. The first-order valence-electron chi connectivity index (χ1n) is 5.81. The fourth-order valence-corrected chi connectivity index (χ4v) is 2.76. The second kappa shape index (κ2) is 6.26. The third kappa shape index (κ3) is 3.37. The minimum absolute atomic E-state index is 0.144. The van der Waals surface area contributed by atoms with Gasteiger partial charge in [-0.15, -0.1) is 0 Å². The fourth-order valence-electron chi connectivity index (χ4n) is 1.76. The van der Waals surface area contributed by atoms with Crippen molar-refractivity contribution in [1.82, 2.24) is 0 Å². The van der Waals surface area contributed by atoms with Gasteiger partial charge in [-0.2, -0.15) is 11.8 Å². The molecule has 0 saturated heterocycles. The lowest BCUT2D eigenvalue weighted by Gasteiger charge is -2.07. The van der Waals surface area contributed by atoms with Crippen LogP contribution in [-0.4, -0.2) is 5.84 Å². The van der Waals surface area contributed by atoms with Gasteiger partial charge in [0.1, 0.15) is 5.84 Å². The first-order valence-corrected chi connectivity index (χ1v) is 6.97. The number of hydrogen-bond donors (Lipinski definition) is 2. The lowest BCUT2D eigenvalue weighted by molar-refractivity contribution is 1.32. The first kappa shape index (κ1) is 12.7. The summed E-state index contributed by atoms with van der Waals surface area (Å²) < 4.78 is 0. The molecule has 0 fully saturated rings. The molecular weight excluding hydrogens is 240 g/mol. The molecule has 18 heavy (non-hydrogen) atoms. The average molecular weight is 256 g/mol. The van der Waals surface area contributed by atoms with Gasteiger partial charge in [-0.05, 0) is 11.1 Å². The van der Waals surface area contributed by atoms with Gasteiger partial charge in [0, 0.05) is 17.1 Å². The van der Waals surface area contributed by atoms with E-state index < -0.39 is 0 Å². The number of hydrogen-bond acceptors (Lipinski definition) is 2. The highest BCUT2D eigenvalue weighted by Gasteiger charge is 2.04. The molecule has 0 unspecified atom stereocenters. The molecule has 0 amide bonds. The quantitative estimate of drug-likeness (QED) is 0.636. The molecule has 0 aromatic heterocycles. The molecule has 2 aromatic rings. The number of thioether (sulfide) groups is 1. The van der Waals surface area contributed by atoms with Crippen LogP contribution in [0.15, 0.2) is 54.6 Å². The summed E-state index contributed by atoms with van der Waals surface area (Å²) in [5.41, 5.74) is 8.87. The predicted molar refractivity (Wildman–Crippen MR) is 78.9 cm³/mol. The molecule has 0 heterocycles. The van der Waals surface area contributed by atoms with Crippen molar-refractivity contribution in [3.8, 4) is 0 Å². The van der Waals surface area contributed by atoms with E-state index in [9.17, 15) is 0 Å². The zero-order chi connectivity index (χ0) is 12.8. The Hall–Kier alpha value is -1.74. The monoisotopic (exact) mass is 256 g/mol. The first-order chi connectivity index (χ1) is 8.77. The Labute approximate surface area is 112 Å². The van der Waals surface area contributed by atoms with Gasteiger partial charge in [0.15, 0.2) is 0 Å². The minimum atomic E-state index is 0.144. The smallest absolute Gasteiger partial charge is 0.123 e. The number of nitrogen functional groups attached to an aromatic ring is 1. The Morgan fingerprint density at radius 2 is 1.61 bits per heavy atom. The maximum absolute atomic E-state index is 7.54. The standard InChI is InChI=1S/C15H16N2S/c16-15(17)14-9-5-4-8-13(14)11-18-10-12-6-2-1-3-7-12/h1-9H,10-11H2,(H3,16,17). The molecule has 0 spiro atoms. The van der Waals surface area contributed by atoms with Crippen molar-refractivity contribution in [2.24, 2.45) is 5.73 Å². The van der Waals surface area contributed by atoms with Crippen molar-refractivity contribution in [3.05, 3.63) is 71.3 Å². The molecule has 2 nitrogen and oxygen atoms in total. The van der Waals surface area contributed by atoms with Crippen LogP contribution in [-0.2, 0) is 11.5 Å². The molecule has 0 aliphatic rings. The van der Waals surface area contributed by atoms with Crippen LogP contribution >= 0.6 is 11.8 Å². The van der Waals surface area contributed by atoms with Crippen molar-refractivity contribution < 1.29 is 0 Å². The Balaban J connectivity index is 1.97. The molecule has 0 aliphatic carbocycles. The largest absolute Gasteiger partial charge is 0.384 e. The van der Waals surface area contributed by atoms with Crippen molar-refractivity contribution in [2.75, 3.05) is 0 Å². The van der Waals surface area contributed by atoms with Crippen LogP contribution in [0, 0.1) is 5.41 Å². The fraction of sp³-hybridized carbons (Fsp3) is 0.133. The van der Waals surface area contributed by atoms with E-state index in [-0.39, 0.29) is 5.84 Å². The Morgan fingerprint density at radius 1 is 0.944 bits per heavy atom. The van der Waals surface area contributed by atoms with E-state index in [2.05, 4.69) is 24.3 Å². The molecule has 3 heteroatoms. The van der Waals surface area contributed by atoms with Gasteiger partial charge in [-0.1, -0.05) is 54.6 Å². The third-order valence-electron chi connectivity index (χ3n) is 2.68. The van der Waals surface area contributed by atoms with E-state index in [1.807, 2.05) is 42.1 Å². The predicted octanol–water partition coefficient (Wildman–Crippen LogP) is 3.40. The second-order valence-electron chi connectivity index (χ2n) is 4.05. The van der Waals surface area contributed by atoms with E-state index >= 15 is 0 Å². The molecule has 3 N–H and O–H groups in total. The number of benzene rings is 2. The van der Waals surface area contributed by atoms with Gasteiger partial charge in [-0.3, -0.25) is 5.41 Å². The summed E-state index contributed by atoms with van der Waals surface area (Å²) in [5.74, 6) is 2.00. The lowest BCUT2D eigenvalue weighted by atomic mass is 10.1. The molecule has 0 saturated carbocycles. The van der Waals surface area contributed by atoms with E-state index in [0.717, 1.165) is 22.6 Å². The van der Waals surface area contributed by atoms with E-state index in [4.69, 9.17) is 11.1 Å². The summed E-state index contributed by atoms with van der Waals surface area (Å²) >= 11 is 1.84. The lowest BCUT2D eigenvalue weighted by Crippen LogP contribution is -2.13. The number of rotatable bonds is 5. The molecule has 2 rings (SSSR count). The number of amidine groups is 1. The van der Waals surface area contributed by atoms with Crippen LogP contribution in [0.5, 0.6) is 0 Å². The van der Waals surface area contributed by atoms with Crippen LogP contribution in [0.2, 0.25) is 0 Å². The third-order valence-corrected chi connectivity index (χ3v) is 3.73. The molecule has 0 aliphatic heterocycles. The molecule has 0 bridgehead atoms. The normalized spacial score (nSPS) is 10.2. The van der Waals surface area contributed by atoms with Crippen molar-refractivity contribution in [1.29, 1.82) is 5.41 Å². The maximum Gasteiger partial charge on any atom is 0.123 e. The van der Waals surface area contributed by atoms with Crippen LogP contribution in [0.25, 0.3) is 0 Å². The Kier molecular flexibility index (Phi) is 4.42. The van der Waals surface area contributed by atoms with Crippen molar-refractivity contribution in [3.63, 3.8) is 0 Å². The maximum atomic E-state index is 7.54. The summed E-state index contributed by atoms with van der Waals surface area (Å²) in [6, 6.07) is 18.2. The summed E-state index contributed by atoms with van der Waals surface area (Å²) in [6.07, 6.45) is 0. The highest BCUT2D eigenvalue weighted by Crippen LogP contribution is 2.20. The zero-order valence-electron chi connectivity index (χ0n) is 10.1.